The first-order valence-electron chi connectivity index (χ1n) is 11.5. The zero-order valence-electron chi connectivity index (χ0n) is 20.6. The van der Waals surface area contributed by atoms with Crippen molar-refractivity contribution >= 4 is 17.7 Å². The SMILES string of the molecule is COCCOc1cc(NC(=O)c2cccn2C2CCN(C(=O)OC(C)(C)C)CC2)ccc1OC. The highest BCUT2D eigenvalue weighted by atomic mass is 16.6. The molecule has 2 heterocycles. The first-order valence-corrected chi connectivity index (χ1v) is 11.5. The van der Waals surface area contributed by atoms with Crippen molar-refractivity contribution in [2.45, 2.75) is 45.3 Å². The molecule has 9 nitrogen and oxygen atoms in total. The van der Waals surface area contributed by atoms with Gasteiger partial charge in [0, 0.05) is 44.2 Å². The molecule has 9 heteroatoms. The van der Waals surface area contributed by atoms with Gasteiger partial charge in [-0.15, -0.1) is 0 Å². The Hall–Kier alpha value is -3.20. The van der Waals surface area contributed by atoms with Crippen LogP contribution in [0.4, 0.5) is 10.5 Å². The molecule has 0 spiro atoms. The number of likely N-dealkylation sites (tertiary alicyclic amines) is 1. The second-order valence-electron chi connectivity index (χ2n) is 9.16. The molecule has 1 saturated heterocycles. The molecular formula is C25H35N3O6. The van der Waals surface area contributed by atoms with Crippen molar-refractivity contribution in [3.05, 3.63) is 42.2 Å². The largest absolute Gasteiger partial charge is 0.493 e. The first-order chi connectivity index (χ1) is 16.2. The molecular weight excluding hydrogens is 438 g/mol. The average Bonchev–Trinajstić information content (AvgIpc) is 3.29. The molecule has 1 N–H and O–H groups in total. The summed E-state index contributed by atoms with van der Waals surface area (Å²) in [6, 6.07) is 9.05. The number of carbonyl (C=O) groups is 2. The van der Waals surface area contributed by atoms with Crippen molar-refractivity contribution in [2.75, 3.05) is 45.8 Å². The number of hydrogen-bond acceptors (Lipinski definition) is 6. The smallest absolute Gasteiger partial charge is 0.410 e. The van der Waals surface area contributed by atoms with Gasteiger partial charge in [-0.1, -0.05) is 0 Å². The third-order valence-corrected chi connectivity index (χ3v) is 5.49. The summed E-state index contributed by atoms with van der Waals surface area (Å²) in [4.78, 5) is 27.2. The van der Waals surface area contributed by atoms with Gasteiger partial charge < -0.3 is 33.7 Å². The van der Waals surface area contributed by atoms with Crippen molar-refractivity contribution in [3.63, 3.8) is 0 Å². The number of piperidine rings is 1. The van der Waals surface area contributed by atoms with Gasteiger partial charge >= 0.3 is 6.09 Å². The highest BCUT2D eigenvalue weighted by molar-refractivity contribution is 6.03. The van der Waals surface area contributed by atoms with Crippen molar-refractivity contribution < 1.29 is 28.5 Å². The maximum Gasteiger partial charge on any atom is 0.410 e. The maximum absolute atomic E-state index is 13.1. The van der Waals surface area contributed by atoms with Gasteiger partial charge in [0.2, 0.25) is 0 Å². The average molecular weight is 474 g/mol. The Kier molecular flexibility index (Phi) is 8.44. The fraction of sp³-hybridized carbons (Fsp3) is 0.520. The predicted molar refractivity (Wildman–Crippen MR) is 129 cm³/mol. The lowest BCUT2D eigenvalue weighted by atomic mass is 10.0. The van der Waals surface area contributed by atoms with Crippen LogP contribution in [0.2, 0.25) is 0 Å². The molecule has 2 aromatic rings. The van der Waals surface area contributed by atoms with Crippen LogP contribution in [-0.2, 0) is 9.47 Å². The van der Waals surface area contributed by atoms with Gasteiger partial charge in [0.05, 0.1) is 13.7 Å². The Bertz CT molecular complexity index is 973. The lowest BCUT2D eigenvalue weighted by Crippen LogP contribution is -2.42. The minimum atomic E-state index is -0.518. The number of anilines is 1. The van der Waals surface area contributed by atoms with E-state index in [9.17, 15) is 9.59 Å². The van der Waals surface area contributed by atoms with Gasteiger partial charge in [0.25, 0.3) is 5.91 Å². The molecule has 0 atom stereocenters. The summed E-state index contributed by atoms with van der Waals surface area (Å²) in [7, 11) is 3.17. The third-order valence-electron chi connectivity index (χ3n) is 5.49. The molecule has 1 aliphatic heterocycles. The Morgan fingerprint density at radius 1 is 1.06 bits per heavy atom. The number of methoxy groups -OCH3 is 2. The van der Waals surface area contributed by atoms with E-state index in [-0.39, 0.29) is 18.0 Å². The van der Waals surface area contributed by atoms with Gasteiger partial charge in [-0.3, -0.25) is 4.79 Å². The predicted octanol–water partition coefficient (Wildman–Crippen LogP) is 4.35. The van der Waals surface area contributed by atoms with Gasteiger partial charge in [-0.05, 0) is 57.9 Å². The van der Waals surface area contributed by atoms with Crippen LogP contribution in [0, 0.1) is 0 Å². The Balaban J connectivity index is 1.64. The number of hydrogen-bond donors (Lipinski definition) is 1. The molecule has 34 heavy (non-hydrogen) atoms. The van der Waals surface area contributed by atoms with E-state index < -0.39 is 5.60 Å². The Morgan fingerprint density at radius 3 is 2.44 bits per heavy atom. The summed E-state index contributed by atoms with van der Waals surface area (Å²) in [6.45, 7) is 7.56. The molecule has 2 amide bonds. The number of amides is 2. The summed E-state index contributed by atoms with van der Waals surface area (Å²) in [6.07, 6.45) is 3.11. The normalized spacial score (nSPS) is 14.6. The van der Waals surface area contributed by atoms with E-state index in [1.807, 2.05) is 37.6 Å². The highest BCUT2D eigenvalue weighted by Crippen LogP contribution is 2.31. The van der Waals surface area contributed by atoms with E-state index >= 15 is 0 Å². The fourth-order valence-electron chi connectivity index (χ4n) is 3.86. The van der Waals surface area contributed by atoms with E-state index in [1.54, 1.807) is 43.4 Å². The minimum Gasteiger partial charge on any atom is -0.493 e. The van der Waals surface area contributed by atoms with Crippen LogP contribution in [0.25, 0.3) is 0 Å². The number of ether oxygens (including phenoxy) is 4. The van der Waals surface area contributed by atoms with Crippen molar-refractivity contribution in [3.8, 4) is 11.5 Å². The number of rotatable bonds is 8. The van der Waals surface area contributed by atoms with E-state index in [0.29, 0.717) is 49.2 Å². The Morgan fingerprint density at radius 2 is 1.79 bits per heavy atom. The molecule has 1 aliphatic rings. The van der Waals surface area contributed by atoms with E-state index in [1.165, 1.54) is 0 Å². The molecule has 3 rings (SSSR count). The van der Waals surface area contributed by atoms with Crippen LogP contribution < -0.4 is 14.8 Å². The number of nitrogens with zero attached hydrogens (tertiary/aromatic N) is 2. The van der Waals surface area contributed by atoms with Crippen molar-refractivity contribution in [1.82, 2.24) is 9.47 Å². The van der Waals surface area contributed by atoms with Gasteiger partial charge in [0.1, 0.15) is 17.9 Å². The summed E-state index contributed by atoms with van der Waals surface area (Å²) in [5.74, 6) is 0.893. The molecule has 0 saturated carbocycles. The minimum absolute atomic E-state index is 0.123. The first kappa shape index (κ1) is 25.4. The lowest BCUT2D eigenvalue weighted by molar-refractivity contribution is 0.0187. The van der Waals surface area contributed by atoms with E-state index in [2.05, 4.69) is 5.32 Å². The monoisotopic (exact) mass is 473 g/mol. The van der Waals surface area contributed by atoms with Gasteiger partial charge in [-0.25, -0.2) is 4.79 Å². The van der Waals surface area contributed by atoms with Crippen LogP contribution in [0.1, 0.15) is 50.1 Å². The van der Waals surface area contributed by atoms with Crippen LogP contribution in [-0.4, -0.2) is 67.6 Å². The van der Waals surface area contributed by atoms with Gasteiger partial charge in [0.15, 0.2) is 11.5 Å². The van der Waals surface area contributed by atoms with Crippen molar-refractivity contribution in [1.29, 1.82) is 0 Å². The van der Waals surface area contributed by atoms with Crippen LogP contribution in [0.15, 0.2) is 36.5 Å². The summed E-state index contributed by atoms with van der Waals surface area (Å²) >= 11 is 0. The molecule has 0 unspecified atom stereocenters. The molecule has 1 aromatic heterocycles. The number of benzene rings is 1. The topological polar surface area (TPSA) is 91.3 Å². The highest BCUT2D eigenvalue weighted by Gasteiger charge is 2.28. The van der Waals surface area contributed by atoms with E-state index in [0.717, 1.165) is 12.8 Å². The number of nitrogens with one attached hydrogen (secondary N) is 1. The maximum atomic E-state index is 13.1. The third kappa shape index (κ3) is 6.66. The fourth-order valence-corrected chi connectivity index (χ4v) is 3.86. The second kappa shape index (κ2) is 11.3. The van der Waals surface area contributed by atoms with Crippen LogP contribution >= 0.6 is 0 Å². The zero-order chi connectivity index (χ0) is 24.7. The molecule has 1 fully saturated rings. The molecule has 0 bridgehead atoms. The quantitative estimate of drug-likeness (QED) is 0.574. The standard InChI is InChI=1S/C25H35N3O6/c1-25(2,3)34-24(30)27-13-10-19(11-14-27)28-12-6-7-20(28)23(29)26-18-8-9-21(32-5)22(17-18)33-16-15-31-4/h6-9,12,17,19H,10-11,13-16H2,1-5H3,(H,26,29). The van der Waals surface area contributed by atoms with Crippen LogP contribution in [0.5, 0.6) is 11.5 Å². The van der Waals surface area contributed by atoms with E-state index in [4.69, 9.17) is 18.9 Å². The summed E-state index contributed by atoms with van der Waals surface area (Å²) < 4.78 is 23.5. The molecule has 0 aliphatic carbocycles. The van der Waals surface area contributed by atoms with Gasteiger partial charge in [-0.2, -0.15) is 0 Å². The Labute approximate surface area is 200 Å². The molecule has 1 aromatic carbocycles. The number of carbonyl (C=O) groups excluding carboxylic acids is 2. The second-order valence-corrected chi connectivity index (χ2v) is 9.16. The van der Waals surface area contributed by atoms with Crippen LogP contribution in [0.3, 0.4) is 0 Å². The lowest BCUT2D eigenvalue weighted by Gasteiger charge is -2.34. The molecule has 186 valence electrons. The van der Waals surface area contributed by atoms with Crippen molar-refractivity contribution in [2.24, 2.45) is 0 Å². The summed E-state index contributed by atoms with van der Waals surface area (Å²) in [5.41, 5.74) is 0.648. The zero-order valence-corrected chi connectivity index (χ0v) is 20.6. The summed E-state index contributed by atoms with van der Waals surface area (Å²) in [5, 5.41) is 2.95. The molecule has 0 radical (unpaired) electrons. The number of aromatic nitrogens is 1.